The van der Waals surface area contributed by atoms with E-state index in [0.717, 1.165) is 24.3 Å². The van der Waals surface area contributed by atoms with Gasteiger partial charge in [0.2, 0.25) is 0 Å². The number of hydrogen-bond acceptors (Lipinski definition) is 2. The van der Waals surface area contributed by atoms with Crippen LogP contribution in [0.5, 0.6) is 5.75 Å². The first-order valence-electron chi connectivity index (χ1n) is 9.48. The normalized spacial score (nSPS) is 40.7. The van der Waals surface area contributed by atoms with Gasteiger partial charge in [-0.2, -0.15) is 0 Å². The molecule has 120 valence electrons. The van der Waals surface area contributed by atoms with Crippen molar-refractivity contribution in [2.45, 2.75) is 56.1 Å². The van der Waals surface area contributed by atoms with Crippen LogP contribution in [0.2, 0.25) is 0 Å². The molecule has 1 saturated heterocycles. The maximum atomic E-state index is 6.50. The Bertz CT molecular complexity index is 706. The Morgan fingerprint density at radius 1 is 1.26 bits per heavy atom. The van der Waals surface area contributed by atoms with Crippen molar-refractivity contribution < 1.29 is 4.74 Å². The molecule has 5 aliphatic rings. The zero-order valence-electron chi connectivity index (χ0n) is 13.8. The molecule has 3 aliphatic carbocycles. The highest BCUT2D eigenvalue weighted by Crippen LogP contribution is 2.63. The Morgan fingerprint density at radius 2 is 2.17 bits per heavy atom. The Hall–Kier alpha value is -1.28. The lowest BCUT2D eigenvalue weighted by atomic mass is 9.51. The van der Waals surface area contributed by atoms with Crippen molar-refractivity contribution in [3.05, 3.63) is 41.5 Å². The first kappa shape index (κ1) is 13.1. The van der Waals surface area contributed by atoms with Crippen LogP contribution in [0.4, 0.5) is 0 Å². The van der Waals surface area contributed by atoms with Gasteiger partial charge in [-0.1, -0.05) is 18.7 Å². The molecule has 2 saturated carbocycles. The summed E-state index contributed by atoms with van der Waals surface area (Å²) in [5, 5.41) is 0. The fourth-order valence-electron chi connectivity index (χ4n) is 6.37. The third-order valence-corrected chi connectivity index (χ3v) is 7.46. The van der Waals surface area contributed by atoms with Crippen LogP contribution >= 0.6 is 0 Å². The first-order valence-corrected chi connectivity index (χ1v) is 9.48. The van der Waals surface area contributed by atoms with E-state index in [9.17, 15) is 0 Å². The zero-order chi connectivity index (χ0) is 15.2. The van der Waals surface area contributed by atoms with Gasteiger partial charge in [0.15, 0.2) is 0 Å². The van der Waals surface area contributed by atoms with Crippen molar-refractivity contribution >= 4 is 0 Å². The number of nitrogens with zero attached hydrogens (tertiary/aromatic N) is 1. The molecule has 23 heavy (non-hydrogen) atoms. The molecule has 4 atom stereocenters. The predicted molar refractivity (Wildman–Crippen MR) is 90.8 cm³/mol. The maximum absolute atomic E-state index is 6.50. The van der Waals surface area contributed by atoms with Gasteiger partial charge in [0.25, 0.3) is 0 Å². The van der Waals surface area contributed by atoms with E-state index >= 15 is 0 Å². The van der Waals surface area contributed by atoms with Crippen LogP contribution in [-0.2, 0) is 11.8 Å². The highest BCUT2D eigenvalue weighted by molar-refractivity contribution is 5.56. The molecule has 2 heteroatoms. The maximum Gasteiger partial charge on any atom is 0.130 e. The number of benzene rings is 1. The number of likely N-dealkylation sites (tertiary alicyclic amines) is 1. The molecule has 1 spiro atoms. The number of piperidine rings is 1. The van der Waals surface area contributed by atoms with Gasteiger partial charge in [-0.15, -0.1) is 0 Å². The van der Waals surface area contributed by atoms with Gasteiger partial charge >= 0.3 is 0 Å². The molecule has 6 rings (SSSR count). The summed E-state index contributed by atoms with van der Waals surface area (Å²) in [7, 11) is 0. The lowest BCUT2D eigenvalue weighted by molar-refractivity contribution is -0.0338. The molecule has 1 aromatic rings. The van der Waals surface area contributed by atoms with Gasteiger partial charge in [-0.3, -0.25) is 4.90 Å². The molecule has 0 radical (unpaired) electrons. The molecule has 0 aromatic heterocycles. The molecule has 0 N–H and O–H groups in total. The van der Waals surface area contributed by atoms with Crippen LogP contribution in [0.1, 0.15) is 43.2 Å². The van der Waals surface area contributed by atoms with Gasteiger partial charge in [0, 0.05) is 23.6 Å². The quantitative estimate of drug-likeness (QED) is 0.773. The molecule has 0 amide bonds. The molecule has 2 heterocycles. The summed E-state index contributed by atoms with van der Waals surface area (Å²) < 4.78 is 6.50. The number of rotatable bonds is 2. The lowest BCUT2D eigenvalue weighted by Crippen LogP contribution is -2.64. The second kappa shape index (κ2) is 4.22. The molecule has 1 aromatic carbocycles. The molecular weight excluding hydrogens is 282 g/mol. The minimum Gasteiger partial charge on any atom is -0.485 e. The summed E-state index contributed by atoms with van der Waals surface area (Å²) in [5.41, 5.74) is 4.75. The van der Waals surface area contributed by atoms with Crippen molar-refractivity contribution in [1.82, 2.24) is 4.90 Å². The van der Waals surface area contributed by atoms with E-state index in [1.165, 1.54) is 56.5 Å². The van der Waals surface area contributed by atoms with Crippen molar-refractivity contribution in [2.24, 2.45) is 11.8 Å². The monoisotopic (exact) mass is 307 g/mol. The Morgan fingerprint density at radius 3 is 3.04 bits per heavy atom. The van der Waals surface area contributed by atoms with E-state index < -0.39 is 0 Å². The van der Waals surface area contributed by atoms with Gasteiger partial charge in [-0.25, -0.2) is 0 Å². The van der Waals surface area contributed by atoms with Crippen LogP contribution < -0.4 is 4.74 Å². The first-order chi connectivity index (χ1) is 11.3. The summed E-state index contributed by atoms with van der Waals surface area (Å²) in [4.78, 5) is 2.85. The van der Waals surface area contributed by atoms with Crippen molar-refractivity contribution in [1.29, 1.82) is 0 Å². The van der Waals surface area contributed by atoms with Crippen LogP contribution in [0.25, 0.3) is 0 Å². The Kier molecular flexibility index (Phi) is 2.39. The van der Waals surface area contributed by atoms with E-state index in [0.29, 0.717) is 0 Å². The van der Waals surface area contributed by atoms with E-state index in [1.807, 2.05) is 0 Å². The lowest BCUT2D eigenvalue weighted by Gasteiger charge is -2.58. The number of hydrogen-bond donors (Lipinski definition) is 0. The Labute approximate surface area is 138 Å². The molecule has 3 fully saturated rings. The molecule has 2 bridgehead atoms. The van der Waals surface area contributed by atoms with E-state index in [-0.39, 0.29) is 11.5 Å². The van der Waals surface area contributed by atoms with Crippen LogP contribution in [0, 0.1) is 11.8 Å². The molecule has 2 nitrogen and oxygen atoms in total. The van der Waals surface area contributed by atoms with E-state index in [4.69, 9.17) is 4.74 Å². The summed E-state index contributed by atoms with van der Waals surface area (Å²) in [5.74, 6) is 2.95. The van der Waals surface area contributed by atoms with Crippen molar-refractivity contribution in [3.8, 4) is 5.75 Å². The largest absolute Gasteiger partial charge is 0.485 e. The highest BCUT2D eigenvalue weighted by atomic mass is 16.5. The van der Waals surface area contributed by atoms with E-state index in [1.54, 1.807) is 11.1 Å². The fraction of sp³-hybridized carbons (Fsp3) is 0.619. The second-order valence-corrected chi connectivity index (χ2v) is 8.59. The average molecular weight is 307 g/mol. The van der Waals surface area contributed by atoms with Crippen LogP contribution in [0.15, 0.2) is 30.4 Å². The minimum atomic E-state index is 0.253. The van der Waals surface area contributed by atoms with Crippen molar-refractivity contribution in [2.75, 3.05) is 13.1 Å². The Balaban J connectivity index is 1.52. The number of ether oxygens (including phenoxy) is 1. The predicted octanol–water partition coefficient (Wildman–Crippen LogP) is 3.69. The van der Waals surface area contributed by atoms with Gasteiger partial charge < -0.3 is 4.74 Å². The zero-order valence-corrected chi connectivity index (χ0v) is 13.8. The van der Waals surface area contributed by atoms with Crippen LogP contribution in [0.3, 0.4) is 0 Å². The summed E-state index contributed by atoms with van der Waals surface area (Å²) in [6.45, 7) is 7.02. The smallest absolute Gasteiger partial charge is 0.130 e. The van der Waals surface area contributed by atoms with Gasteiger partial charge in [0.1, 0.15) is 11.9 Å². The standard InChI is InChI=1S/C21H25NO/c1-13-5-8-16-17-11-15-3-2-4-18-19(15)21(16,20(13)23-18)9-10-22(17)12-14-6-7-14/h2-4,14,16-17,20H,1,5-12H2/t16-,17+,20?,21-/m0/s1. The van der Waals surface area contributed by atoms with Gasteiger partial charge in [-0.05, 0) is 74.1 Å². The topological polar surface area (TPSA) is 12.5 Å². The third-order valence-electron chi connectivity index (χ3n) is 7.46. The molecule has 1 unspecified atom stereocenters. The summed E-state index contributed by atoms with van der Waals surface area (Å²) in [6, 6.07) is 7.51. The summed E-state index contributed by atoms with van der Waals surface area (Å²) in [6.07, 6.45) is 8.17. The third kappa shape index (κ3) is 1.54. The summed E-state index contributed by atoms with van der Waals surface area (Å²) >= 11 is 0. The second-order valence-electron chi connectivity index (χ2n) is 8.59. The highest BCUT2D eigenvalue weighted by Gasteiger charge is 2.63. The SMILES string of the molecule is C=C1CC[C@H]2[C@H]3Cc4cccc5c4[C@@]2(CCN3CC2CC2)C1O5. The van der Waals surface area contributed by atoms with Crippen LogP contribution in [-0.4, -0.2) is 30.1 Å². The van der Waals surface area contributed by atoms with Gasteiger partial charge in [0.05, 0.1) is 0 Å². The van der Waals surface area contributed by atoms with Crippen molar-refractivity contribution in [3.63, 3.8) is 0 Å². The molecule has 2 aliphatic heterocycles. The molecular formula is C21H25NO. The fourth-order valence-corrected chi connectivity index (χ4v) is 6.37. The average Bonchev–Trinajstić information content (AvgIpc) is 3.30. The minimum absolute atomic E-state index is 0.253. The van der Waals surface area contributed by atoms with E-state index in [2.05, 4.69) is 29.7 Å².